The summed E-state index contributed by atoms with van der Waals surface area (Å²) in [7, 11) is 3.67. The van der Waals surface area contributed by atoms with Gasteiger partial charge in [-0.25, -0.2) is 0 Å². The molecule has 0 radical (unpaired) electrons. The molecule has 2 aliphatic heterocycles. The van der Waals surface area contributed by atoms with E-state index in [4.69, 9.17) is 25.8 Å². The lowest BCUT2D eigenvalue weighted by atomic mass is 9.76. The van der Waals surface area contributed by atoms with Crippen LogP contribution in [0.25, 0.3) is 0 Å². The van der Waals surface area contributed by atoms with Gasteiger partial charge in [0.15, 0.2) is 15.7 Å². The van der Waals surface area contributed by atoms with Crippen LogP contribution in [0.3, 0.4) is 0 Å². The molecule has 2 saturated heterocycles. The summed E-state index contributed by atoms with van der Waals surface area (Å²) in [6.07, 6.45) is -2.94. The molecular weight excluding hydrogens is 474 g/mol. The second-order valence-electron chi connectivity index (χ2n) is 8.50. The lowest BCUT2D eigenvalue weighted by Gasteiger charge is -2.41. The number of nitrogens with zero attached hydrogens (tertiary/aromatic N) is 2. The first-order valence-corrected chi connectivity index (χ1v) is 11.1. The maximum Gasteiger partial charge on any atom is 0.522 e. The summed E-state index contributed by atoms with van der Waals surface area (Å²) in [6, 6.07) is 10.0. The summed E-state index contributed by atoms with van der Waals surface area (Å²) in [4.78, 5) is 19.3. The van der Waals surface area contributed by atoms with Crippen LogP contribution in [0, 0.1) is 0 Å². The molecule has 1 aromatic carbocycles. The van der Waals surface area contributed by atoms with E-state index in [9.17, 15) is 18.0 Å². The van der Waals surface area contributed by atoms with Crippen molar-refractivity contribution in [2.24, 2.45) is 0 Å². The zero-order chi connectivity index (χ0) is 24.6. The second kappa shape index (κ2) is 9.41. The number of halogens is 4. The van der Waals surface area contributed by atoms with Gasteiger partial charge in [0, 0.05) is 24.7 Å². The first-order valence-electron chi connectivity index (χ1n) is 10.7. The third kappa shape index (κ3) is 5.35. The third-order valence-corrected chi connectivity index (χ3v) is 5.98. The second-order valence-corrected chi connectivity index (χ2v) is 8.91. The predicted molar refractivity (Wildman–Crippen MR) is 121 cm³/mol. The Morgan fingerprint density at radius 1 is 1.26 bits per heavy atom. The van der Waals surface area contributed by atoms with E-state index in [1.807, 2.05) is 33.9 Å². The Morgan fingerprint density at radius 2 is 2.06 bits per heavy atom. The Morgan fingerprint density at radius 3 is 2.74 bits per heavy atom. The molecule has 2 fully saturated rings. The minimum absolute atomic E-state index is 0.110. The molecule has 34 heavy (non-hydrogen) atoms. The standard InChI is InChI=1S/C21H22B2ClF3N2O5/c22-20(23)33-17-12-29(8-6-19(17,34-20)16-3-1-2-7-28-16)18(30)13-4-5-15(14(24)11-13)31-9-10-32-21(25,26)27/h1-5,7,11,17H,6,8-10,12,22-23H2/t17?,19-/m1/s1. The summed E-state index contributed by atoms with van der Waals surface area (Å²) in [6.45, 7) is -0.311. The van der Waals surface area contributed by atoms with Crippen LogP contribution >= 0.6 is 11.6 Å². The van der Waals surface area contributed by atoms with Crippen LogP contribution in [0.15, 0.2) is 42.6 Å². The van der Waals surface area contributed by atoms with E-state index < -0.39 is 30.3 Å². The summed E-state index contributed by atoms with van der Waals surface area (Å²) in [5.74, 6) is -0.0946. The van der Waals surface area contributed by atoms with Gasteiger partial charge in [-0.3, -0.25) is 14.5 Å². The van der Waals surface area contributed by atoms with Crippen LogP contribution in [0.1, 0.15) is 22.5 Å². The van der Waals surface area contributed by atoms with Crippen molar-refractivity contribution in [3.05, 3.63) is 58.9 Å². The molecule has 0 spiro atoms. The normalized spacial score (nSPS) is 24.0. The summed E-state index contributed by atoms with van der Waals surface area (Å²) < 4.78 is 57.5. The molecule has 2 atom stereocenters. The van der Waals surface area contributed by atoms with E-state index in [0.29, 0.717) is 25.1 Å². The number of aromatic nitrogens is 1. The van der Waals surface area contributed by atoms with Gasteiger partial charge in [0.25, 0.3) is 5.91 Å². The maximum absolute atomic E-state index is 13.2. The van der Waals surface area contributed by atoms with Gasteiger partial charge in [-0.05, 0) is 30.3 Å². The van der Waals surface area contributed by atoms with Crippen molar-refractivity contribution in [2.75, 3.05) is 26.3 Å². The monoisotopic (exact) mass is 496 g/mol. The van der Waals surface area contributed by atoms with Crippen molar-refractivity contribution in [1.82, 2.24) is 9.88 Å². The number of carbonyl (C=O) groups is 1. The molecule has 2 aromatic rings. The largest absolute Gasteiger partial charge is 0.522 e. The molecule has 1 amide bonds. The minimum atomic E-state index is -4.73. The molecule has 3 heterocycles. The molecule has 0 saturated carbocycles. The Kier molecular flexibility index (Phi) is 6.87. The molecule has 1 unspecified atom stereocenters. The predicted octanol–water partition coefficient (Wildman–Crippen LogP) is 1.68. The topological polar surface area (TPSA) is 70.1 Å². The van der Waals surface area contributed by atoms with Crippen molar-refractivity contribution in [3.63, 3.8) is 0 Å². The van der Waals surface area contributed by atoms with Crippen LogP contribution in [-0.4, -0.2) is 75.8 Å². The molecular formula is C21H22B2ClF3N2O5. The lowest BCUT2D eigenvalue weighted by Crippen LogP contribution is -2.53. The molecule has 13 heteroatoms. The number of carbonyl (C=O) groups excluding carboxylic acids is 1. The number of hydrogen-bond donors (Lipinski definition) is 0. The fraction of sp³-hybridized carbons (Fsp3) is 0.429. The van der Waals surface area contributed by atoms with Crippen LogP contribution in [0.5, 0.6) is 5.75 Å². The summed E-state index contributed by atoms with van der Waals surface area (Å²) in [5, 5.41) is 0.110. The molecule has 180 valence electrons. The number of fused-ring (bicyclic) bond motifs is 1. The van der Waals surface area contributed by atoms with Gasteiger partial charge in [-0.1, -0.05) is 17.7 Å². The number of rotatable bonds is 6. The van der Waals surface area contributed by atoms with Crippen LogP contribution < -0.4 is 4.74 Å². The van der Waals surface area contributed by atoms with Gasteiger partial charge >= 0.3 is 6.36 Å². The summed E-state index contributed by atoms with van der Waals surface area (Å²) in [5.41, 5.74) is -0.501. The van der Waals surface area contributed by atoms with E-state index in [2.05, 4.69) is 9.72 Å². The number of piperidine rings is 1. The molecule has 0 bridgehead atoms. The highest BCUT2D eigenvalue weighted by atomic mass is 35.5. The fourth-order valence-corrected chi connectivity index (χ4v) is 4.58. The quantitative estimate of drug-likeness (QED) is 0.448. The Labute approximate surface area is 201 Å². The maximum atomic E-state index is 13.2. The molecule has 4 rings (SSSR count). The Hall–Kier alpha value is -2.27. The van der Waals surface area contributed by atoms with Crippen molar-refractivity contribution < 1.29 is 36.9 Å². The number of benzene rings is 1. The molecule has 2 aliphatic rings. The minimum Gasteiger partial charge on any atom is -0.490 e. The number of amides is 1. The van der Waals surface area contributed by atoms with Gasteiger partial charge in [0.1, 0.15) is 24.1 Å². The highest BCUT2D eigenvalue weighted by molar-refractivity contribution is 6.38. The van der Waals surface area contributed by atoms with Crippen LogP contribution in [0.4, 0.5) is 13.2 Å². The van der Waals surface area contributed by atoms with Gasteiger partial charge in [0.05, 0.1) is 29.5 Å². The lowest BCUT2D eigenvalue weighted by molar-refractivity contribution is -0.325. The molecule has 7 nitrogen and oxygen atoms in total. The average Bonchev–Trinajstić information content (AvgIpc) is 3.07. The van der Waals surface area contributed by atoms with E-state index >= 15 is 0 Å². The fourth-order valence-electron chi connectivity index (χ4n) is 4.34. The number of ether oxygens (including phenoxy) is 4. The SMILES string of the molecule is BC1(B)OC2CN(C(=O)c3ccc(OCCOC(F)(F)F)c(Cl)c3)CC[C@]2(c2ccccn2)O1. The van der Waals surface area contributed by atoms with E-state index in [1.165, 1.54) is 18.2 Å². The highest BCUT2D eigenvalue weighted by Gasteiger charge is 2.57. The molecule has 0 N–H and O–H groups in total. The number of likely N-dealkylation sites (tertiary alicyclic amines) is 1. The van der Waals surface area contributed by atoms with E-state index in [1.54, 1.807) is 11.1 Å². The van der Waals surface area contributed by atoms with Gasteiger partial charge in [0.2, 0.25) is 0 Å². The van der Waals surface area contributed by atoms with Crippen LogP contribution in [-0.2, 0) is 19.8 Å². The number of pyridine rings is 1. The summed E-state index contributed by atoms with van der Waals surface area (Å²) >= 11 is 6.20. The van der Waals surface area contributed by atoms with Crippen molar-refractivity contribution in [3.8, 4) is 5.75 Å². The van der Waals surface area contributed by atoms with Crippen molar-refractivity contribution >= 4 is 33.2 Å². The number of alkyl halides is 3. The van der Waals surface area contributed by atoms with Gasteiger partial charge < -0.3 is 19.1 Å². The third-order valence-electron chi connectivity index (χ3n) is 5.68. The smallest absolute Gasteiger partial charge is 0.490 e. The zero-order valence-electron chi connectivity index (χ0n) is 18.6. The molecule has 0 aliphatic carbocycles. The zero-order valence-corrected chi connectivity index (χ0v) is 19.4. The van der Waals surface area contributed by atoms with Crippen LogP contribution in [0.2, 0.25) is 5.02 Å². The van der Waals surface area contributed by atoms with Gasteiger partial charge in [-0.15, -0.1) is 13.2 Å². The molecule has 1 aromatic heterocycles. The average molecular weight is 496 g/mol. The Balaban J connectivity index is 1.44. The van der Waals surface area contributed by atoms with E-state index in [0.717, 1.165) is 5.69 Å². The van der Waals surface area contributed by atoms with Crippen molar-refractivity contribution in [2.45, 2.75) is 30.1 Å². The first-order chi connectivity index (χ1) is 16.0. The van der Waals surface area contributed by atoms with Crippen molar-refractivity contribution in [1.29, 1.82) is 0 Å². The first kappa shape index (κ1) is 24.8. The highest BCUT2D eigenvalue weighted by Crippen LogP contribution is 2.46. The Bertz CT molecular complexity index is 1050. The number of hydrogen-bond acceptors (Lipinski definition) is 6. The van der Waals surface area contributed by atoms with E-state index in [-0.39, 0.29) is 23.3 Å². The van der Waals surface area contributed by atoms with Gasteiger partial charge in [-0.2, -0.15) is 0 Å².